The highest BCUT2D eigenvalue weighted by molar-refractivity contribution is 6.12. The van der Waals surface area contributed by atoms with E-state index in [1.54, 1.807) is 67.3 Å². The van der Waals surface area contributed by atoms with E-state index in [2.05, 4.69) is 10.3 Å². The summed E-state index contributed by atoms with van der Waals surface area (Å²) in [4.78, 5) is 137. The van der Waals surface area contributed by atoms with Gasteiger partial charge in [-0.25, -0.2) is 53.2 Å². The number of urea groups is 9. The maximum absolute atomic E-state index is 12.7. The van der Waals surface area contributed by atoms with Gasteiger partial charge >= 0.3 is 54.3 Å². The van der Waals surface area contributed by atoms with Crippen molar-refractivity contribution in [1.29, 1.82) is 5.26 Å². The lowest BCUT2D eigenvalue weighted by Gasteiger charge is -2.28. The third-order valence-corrected chi connectivity index (χ3v) is 6.41. The van der Waals surface area contributed by atoms with Gasteiger partial charge in [0, 0.05) is 32.1 Å². The number of nitrogens with one attached hydrogen (secondary N) is 10. The fourth-order valence-electron chi connectivity index (χ4n) is 3.96. The Kier molecular flexibility index (Phi) is 16.1. The molecule has 10 N–H and O–H groups in total. The minimum atomic E-state index is -1.62. The van der Waals surface area contributed by atoms with Crippen molar-refractivity contribution in [2.75, 3.05) is 14.1 Å². The van der Waals surface area contributed by atoms with E-state index < -0.39 is 72.1 Å². The Morgan fingerprint density at radius 1 is 0.618 bits per heavy atom. The van der Waals surface area contributed by atoms with Gasteiger partial charge in [-0.05, 0) is 47.7 Å². The smallest absolute Gasteiger partial charge is 0.326 e. The number of nitriles is 1. The molecule has 25 heteroatoms. The third kappa shape index (κ3) is 15.3. The van der Waals surface area contributed by atoms with Crippen molar-refractivity contribution in [3.8, 4) is 17.3 Å². The maximum Gasteiger partial charge on any atom is 0.330 e. The summed E-state index contributed by atoms with van der Waals surface area (Å²) in [7, 11) is 2.56. The molecule has 55 heavy (non-hydrogen) atoms. The number of hydrogen-bond acceptors (Lipinski definition) is 14. The van der Waals surface area contributed by atoms with E-state index in [1.807, 2.05) is 5.32 Å². The van der Waals surface area contributed by atoms with E-state index in [0.717, 1.165) is 15.6 Å². The number of aromatic nitrogens is 1. The number of likely N-dealkylation sites (N-methyl/N-ethyl adjacent to an activating group) is 1. The molecule has 2 aromatic rings. The summed E-state index contributed by atoms with van der Waals surface area (Å²) in [5.74, 6) is -1.72. The quantitative estimate of drug-likeness (QED) is 0.101. The van der Waals surface area contributed by atoms with Gasteiger partial charge in [0.15, 0.2) is 6.19 Å². The zero-order chi connectivity index (χ0) is 41.2. The van der Waals surface area contributed by atoms with Crippen LogP contribution < -0.4 is 53.2 Å². The fraction of sp³-hybridized carbons (Fsp3) is 0.233. The average molecular weight is 767 g/mol. The van der Waals surface area contributed by atoms with Crippen molar-refractivity contribution in [3.63, 3.8) is 0 Å². The van der Waals surface area contributed by atoms with E-state index in [9.17, 15) is 52.7 Å². The summed E-state index contributed by atoms with van der Waals surface area (Å²) < 4.78 is 0. The van der Waals surface area contributed by atoms with Crippen LogP contribution in [0.1, 0.15) is 30.6 Å². The Bertz CT molecular complexity index is 1900. The molecule has 2 rings (SSSR count). The highest BCUT2D eigenvalue weighted by Gasteiger charge is 2.28. The van der Waals surface area contributed by atoms with Crippen LogP contribution in [-0.2, 0) is 4.79 Å². The minimum absolute atomic E-state index is 0.0506. The second-order valence-corrected chi connectivity index (χ2v) is 11.0. The standard InChI is InChI=1S/C30H34N14O11/c1-15(2)12-19(21(46)44(4)43(3)14-31)33-22(47)35-24(49)37-26(51)39-28(53)41-30(55)42-29(54)40-27(52)38-25(50)36-23(48)34-20(45)18-7-5-6-17(13-18)16-8-10-32-11-9-16/h5-11,13,15,19H,12H2,1-4H3,(H10,33,34,35,36,37,38,39,40,41,42,45,47,48,49,50,51,52,53,54,55). The molecule has 0 aliphatic rings. The highest BCUT2D eigenvalue weighted by Crippen LogP contribution is 2.19. The van der Waals surface area contributed by atoms with Crippen LogP contribution in [-0.4, -0.2) is 101 Å². The first-order valence-corrected chi connectivity index (χ1v) is 15.4. The molecule has 0 aliphatic heterocycles. The molecule has 1 aromatic carbocycles. The minimum Gasteiger partial charge on any atom is -0.326 e. The van der Waals surface area contributed by atoms with Crippen molar-refractivity contribution >= 4 is 66.1 Å². The van der Waals surface area contributed by atoms with Gasteiger partial charge < -0.3 is 5.32 Å². The van der Waals surface area contributed by atoms with Crippen LogP contribution in [0.5, 0.6) is 0 Å². The number of hydrogen-bond donors (Lipinski definition) is 10. The van der Waals surface area contributed by atoms with E-state index >= 15 is 0 Å². The lowest BCUT2D eigenvalue weighted by molar-refractivity contribution is -0.142. The summed E-state index contributed by atoms with van der Waals surface area (Å²) in [6, 6.07) is -5.23. The predicted molar refractivity (Wildman–Crippen MR) is 183 cm³/mol. The number of carbonyl (C=O) groups excluding carboxylic acids is 11. The van der Waals surface area contributed by atoms with Gasteiger partial charge in [0.25, 0.3) is 11.8 Å². The largest absolute Gasteiger partial charge is 0.330 e. The second kappa shape index (κ2) is 20.6. The molecule has 0 saturated heterocycles. The molecule has 1 atom stereocenters. The molecule has 290 valence electrons. The van der Waals surface area contributed by atoms with Crippen molar-refractivity contribution in [3.05, 3.63) is 54.4 Å². The highest BCUT2D eigenvalue weighted by atomic mass is 16.2. The molecule has 0 radical (unpaired) electrons. The Hall–Kier alpha value is -8.17. The number of hydrazine groups is 1. The predicted octanol–water partition coefficient (Wildman–Crippen LogP) is 0.0658. The topological polar surface area (TPSA) is 351 Å². The van der Waals surface area contributed by atoms with E-state index in [0.29, 0.717) is 5.56 Å². The number of rotatable bonds is 7. The van der Waals surface area contributed by atoms with Gasteiger partial charge in [-0.1, -0.05) is 26.0 Å². The zero-order valence-corrected chi connectivity index (χ0v) is 29.3. The molecule has 0 saturated carbocycles. The number of carbonyl (C=O) groups is 11. The Morgan fingerprint density at radius 3 is 1.45 bits per heavy atom. The number of nitrogens with zero attached hydrogens (tertiary/aromatic N) is 4. The van der Waals surface area contributed by atoms with Crippen LogP contribution in [0.4, 0.5) is 43.2 Å². The zero-order valence-electron chi connectivity index (χ0n) is 29.3. The molecular weight excluding hydrogens is 732 g/mol. The summed E-state index contributed by atoms with van der Waals surface area (Å²) in [5, 5.41) is 26.9. The molecule has 0 bridgehead atoms. The van der Waals surface area contributed by atoms with E-state index in [4.69, 9.17) is 5.26 Å². The summed E-state index contributed by atoms with van der Waals surface area (Å²) in [6.07, 6.45) is 4.89. The molecule has 1 aromatic heterocycles. The molecule has 0 spiro atoms. The van der Waals surface area contributed by atoms with Crippen molar-refractivity contribution in [1.82, 2.24) is 68.2 Å². The van der Waals surface area contributed by atoms with Crippen LogP contribution in [0.2, 0.25) is 0 Å². The summed E-state index contributed by atoms with van der Waals surface area (Å²) >= 11 is 0. The first-order valence-electron chi connectivity index (χ1n) is 15.4. The van der Waals surface area contributed by atoms with E-state index in [1.165, 1.54) is 58.1 Å². The first-order chi connectivity index (χ1) is 25.9. The number of pyridine rings is 1. The molecule has 1 unspecified atom stereocenters. The monoisotopic (exact) mass is 766 g/mol. The summed E-state index contributed by atoms with van der Waals surface area (Å²) in [6.45, 7) is 3.48. The van der Waals surface area contributed by atoms with Crippen LogP contribution in [0.3, 0.4) is 0 Å². The molecular formula is C30H34N14O11. The SMILES string of the molecule is CC(C)CC(NC(=O)NC(=O)NC(=O)NC(=O)NC(=O)NC(=O)NC(=O)NC(=O)NC(=O)NC(=O)c1cccc(-c2ccncc2)c1)C(=O)N(C)N(C)C#N. The lowest BCUT2D eigenvalue weighted by Crippen LogP contribution is -2.57. The van der Waals surface area contributed by atoms with Crippen LogP contribution >= 0.6 is 0 Å². The molecule has 0 aliphatic carbocycles. The first kappa shape index (κ1) is 43.0. The number of amides is 20. The van der Waals surface area contributed by atoms with Crippen LogP contribution in [0, 0.1) is 17.4 Å². The van der Waals surface area contributed by atoms with Crippen molar-refractivity contribution in [2.45, 2.75) is 26.3 Å². The van der Waals surface area contributed by atoms with Crippen LogP contribution in [0.15, 0.2) is 48.8 Å². The van der Waals surface area contributed by atoms with Gasteiger partial charge in [-0.15, -0.1) is 0 Å². The Labute approximate surface area is 310 Å². The third-order valence-electron chi connectivity index (χ3n) is 6.41. The Morgan fingerprint density at radius 2 is 1.04 bits per heavy atom. The van der Waals surface area contributed by atoms with Crippen LogP contribution in [0.25, 0.3) is 11.1 Å². The average Bonchev–Trinajstić information content (AvgIpc) is 3.09. The van der Waals surface area contributed by atoms with Gasteiger partial charge in [-0.3, -0.25) is 62.4 Å². The van der Waals surface area contributed by atoms with Crippen molar-refractivity contribution < 1.29 is 52.7 Å². The fourth-order valence-corrected chi connectivity index (χ4v) is 3.96. The molecule has 1 heterocycles. The van der Waals surface area contributed by atoms with Gasteiger partial charge in [-0.2, -0.15) is 5.26 Å². The Balaban J connectivity index is 1.73. The summed E-state index contributed by atoms with van der Waals surface area (Å²) in [5.41, 5.74) is 1.41. The molecule has 0 fully saturated rings. The molecule has 25 nitrogen and oxygen atoms in total. The van der Waals surface area contributed by atoms with Crippen molar-refractivity contribution in [2.24, 2.45) is 5.92 Å². The van der Waals surface area contributed by atoms with E-state index in [-0.39, 0.29) is 17.9 Å². The number of benzene rings is 1. The van der Waals surface area contributed by atoms with Gasteiger partial charge in [0.05, 0.1) is 0 Å². The lowest BCUT2D eigenvalue weighted by atomic mass is 10.0. The van der Waals surface area contributed by atoms with Gasteiger partial charge in [0.1, 0.15) is 6.04 Å². The maximum atomic E-state index is 12.7. The van der Waals surface area contributed by atoms with Gasteiger partial charge in [0.2, 0.25) is 0 Å². The normalized spacial score (nSPS) is 10.4. The number of imide groups is 9. The molecule has 20 amide bonds. The second-order valence-electron chi connectivity index (χ2n) is 11.0.